The van der Waals surface area contributed by atoms with Crippen LogP contribution in [0, 0.1) is 34.4 Å². The predicted octanol–water partition coefficient (Wildman–Crippen LogP) is 4.58. The zero-order valence-electron chi connectivity index (χ0n) is 17.4. The van der Waals surface area contributed by atoms with Gasteiger partial charge in [-0.15, -0.1) is 0 Å². The van der Waals surface area contributed by atoms with Gasteiger partial charge in [-0.05, 0) is 98.7 Å². The van der Waals surface area contributed by atoms with Gasteiger partial charge in [0.2, 0.25) is 5.91 Å². The molecule has 0 radical (unpaired) electrons. The zero-order chi connectivity index (χ0) is 20.1. The molecule has 0 aromatic heterocycles. The molecular weight excluding hydrogens is 365 g/mol. The van der Waals surface area contributed by atoms with E-state index in [-0.39, 0.29) is 23.3 Å². The highest BCUT2D eigenvalue weighted by Crippen LogP contribution is 2.61. The van der Waals surface area contributed by atoms with E-state index >= 15 is 0 Å². The van der Waals surface area contributed by atoms with E-state index in [4.69, 9.17) is 0 Å². The number of carbonyl (C=O) groups excluding carboxylic acids is 1. The van der Waals surface area contributed by atoms with Crippen LogP contribution in [-0.4, -0.2) is 35.6 Å². The van der Waals surface area contributed by atoms with Crippen molar-refractivity contribution in [2.24, 2.45) is 28.6 Å². The lowest BCUT2D eigenvalue weighted by atomic mass is 9.49. The van der Waals surface area contributed by atoms with Gasteiger partial charge in [0.05, 0.1) is 6.61 Å². The van der Waals surface area contributed by atoms with Crippen LogP contribution in [0.4, 0.5) is 4.39 Å². The number of halogens is 1. The number of amides is 1. The minimum atomic E-state index is -0.298. The topological polar surface area (TPSA) is 40.5 Å². The number of benzene rings is 1. The van der Waals surface area contributed by atoms with Crippen LogP contribution in [0.15, 0.2) is 24.3 Å². The van der Waals surface area contributed by atoms with Gasteiger partial charge in [0, 0.05) is 24.9 Å². The van der Waals surface area contributed by atoms with Crippen molar-refractivity contribution in [2.45, 2.75) is 64.2 Å². The molecule has 4 bridgehead atoms. The highest BCUT2D eigenvalue weighted by Gasteiger charge is 2.52. The quantitative estimate of drug-likeness (QED) is 0.788. The maximum absolute atomic E-state index is 13.4. The van der Waals surface area contributed by atoms with Crippen molar-refractivity contribution < 1.29 is 14.3 Å². The van der Waals surface area contributed by atoms with Crippen molar-refractivity contribution in [2.75, 3.05) is 19.7 Å². The second-order valence-electron chi connectivity index (χ2n) is 11.0. The van der Waals surface area contributed by atoms with Gasteiger partial charge in [0.15, 0.2) is 0 Å². The highest BCUT2D eigenvalue weighted by molar-refractivity contribution is 5.77. The zero-order valence-corrected chi connectivity index (χ0v) is 17.4. The van der Waals surface area contributed by atoms with Crippen LogP contribution >= 0.6 is 0 Å². The van der Waals surface area contributed by atoms with Gasteiger partial charge in [-0.3, -0.25) is 4.79 Å². The Morgan fingerprint density at radius 1 is 1.07 bits per heavy atom. The van der Waals surface area contributed by atoms with Gasteiger partial charge in [0.1, 0.15) is 5.82 Å². The molecule has 1 unspecified atom stereocenters. The molecule has 1 N–H and O–H groups in total. The van der Waals surface area contributed by atoms with Crippen molar-refractivity contribution in [3.05, 3.63) is 35.6 Å². The van der Waals surface area contributed by atoms with Gasteiger partial charge in [-0.25, -0.2) is 4.39 Å². The lowest BCUT2D eigenvalue weighted by molar-refractivity contribution is -0.143. The van der Waals surface area contributed by atoms with E-state index in [9.17, 15) is 14.3 Å². The van der Waals surface area contributed by atoms with Crippen molar-refractivity contribution in [3.8, 4) is 0 Å². The molecule has 1 aromatic carbocycles. The molecule has 3 nitrogen and oxygen atoms in total. The van der Waals surface area contributed by atoms with E-state index < -0.39 is 0 Å². The molecule has 5 aliphatic rings. The van der Waals surface area contributed by atoms with Crippen LogP contribution in [0.25, 0.3) is 0 Å². The molecule has 4 aliphatic carbocycles. The second kappa shape index (κ2) is 7.37. The van der Waals surface area contributed by atoms with Gasteiger partial charge < -0.3 is 10.0 Å². The number of hydrogen-bond acceptors (Lipinski definition) is 2. The normalized spacial score (nSPS) is 38.4. The fourth-order valence-electron chi connectivity index (χ4n) is 7.72. The summed E-state index contributed by atoms with van der Waals surface area (Å²) >= 11 is 0. The summed E-state index contributed by atoms with van der Waals surface area (Å²) in [6.07, 6.45) is 11.3. The van der Waals surface area contributed by atoms with Crippen molar-refractivity contribution in [1.29, 1.82) is 0 Å². The van der Waals surface area contributed by atoms with Gasteiger partial charge in [-0.2, -0.15) is 0 Å². The molecule has 1 aromatic rings. The van der Waals surface area contributed by atoms with Crippen LogP contribution in [0.1, 0.15) is 63.4 Å². The third kappa shape index (κ3) is 3.85. The fraction of sp³-hybridized carbons (Fsp3) is 0.720. The van der Waals surface area contributed by atoms with Crippen molar-refractivity contribution in [3.63, 3.8) is 0 Å². The molecule has 29 heavy (non-hydrogen) atoms. The summed E-state index contributed by atoms with van der Waals surface area (Å²) in [5.41, 5.74) is 1.01. The third-order valence-electron chi connectivity index (χ3n) is 8.53. The molecule has 1 aliphatic heterocycles. The number of hydrogen-bond donors (Lipinski definition) is 1. The Bertz CT molecular complexity index is 725. The minimum Gasteiger partial charge on any atom is -0.396 e. The van der Waals surface area contributed by atoms with E-state index in [0.717, 1.165) is 42.7 Å². The Hall–Kier alpha value is -1.42. The monoisotopic (exact) mass is 399 g/mol. The third-order valence-corrected chi connectivity index (χ3v) is 8.53. The number of piperidine rings is 1. The smallest absolute Gasteiger partial charge is 0.223 e. The summed E-state index contributed by atoms with van der Waals surface area (Å²) in [5, 5.41) is 10.2. The summed E-state index contributed by atoms with van der Waals surface area (Å²) < 4.78 is 13.3. The first-order valence-corrected chi connectivity index (χ1v) is 11.6. The molecule has 0 spiro atoms. The summed E-state index contributed by atoms with van der Waals surface area (Å²) in [6, 6.07) is 6.59. The molecule has 158 valence electrons. The van der Waals surface area contributed by atoms with E-state index in [1.807, 2.05) is 17.0 Å². The van der Waals surface area contributed by atoms with Crippen LogP contribution in [-0.2, 0) is 11.2 Å². The average molecular weight is 400 g/mol. The fourth-order valence-corrected chi connectivity index (χ4v) is 7.72. The number of carbonyl (C=O) groups is 1. The van der Waals surface area contributed by atoms with Crippen LogP contribution in [0.3, 0.4) is 0 Å². The molecule has 1 heterocycles. The lowest BCUT2D eigenvalue weighted by Crippen LogP contribution is -2.52. The molecule has 6 rings (SSSR count). The summed E-state index contributed by atoms with van der Waals surface area (Å²) in [6.45, 7) is 1.52. The van der Waals surface area contributed by atoms with Gasteiger partial charge >= 0.3 is 0 Å². The Morgan fingerprint density at radius 3 is 2.28 bits per heavy atom. The van der Waals surface area contributed by atoms with Gasteiger partial charge in [0.25, 0.3) is 0 Å². The van der Waals surface area contributed by atoms with Gasteiger partial charge in [-0.1, -0.05) is 12.1 Å². The average Bonchev–Trinajstić information content (AvgIpc) is 2.68. The highest BCUT2D eigenvalue weighted by atomic mass is 19.1. The lowest BCUT2D eigenvalue weighted by Gasteiger charge is -2.57. The number of aliphatic hydroxyl groups excluding tert-OH is 1. The van der Waals surface area contributed by atoms with E-state index in [1.54, 1.807) is 0 Å². The van der Waals surface area contributed by atoms with Crippen molar-refractivity contribution >= 4 is 5.91 Å². The van der Waals surface area contributed by atoms with E-state index in [1.165, 1.54) is 50.7 Å². The SMILES string of the molecule is O=C(CC12CC3CC(CC(C3)C1)C2)N1CCCC(CO)(Cc2ccc(F)cc2)C1. The summed E-state index contributed by atoms with van der Waals surface area (Å²) in [5.74, 6) is 2.67. The van der Waals surface area contributed by atoms with Crippen molar-refractivity contribution in [1.82, 2.24) is 4.90 Å². The Kier molecular flexibility index (Phi) is 4.97. The maximum Gasteiger partial charge on any atom is 0.223 e. The first-order chi connectivity index (χ1) is 14.0. The summed E-state index contributed by atoms with van der Waals surface area (Å²) in [4.78, 5) is 15.4. The predicted molar refractivity (Wildman–Crippen MR) is 111 cm³/mol. The minimum absolute atomic E-state index is 0.0749. The Balaban J connectivity index is 1.27. The first-order valence-electron chi connectivity index (χ1n) is 11.6. The second-order valence-corrected chi connectivity index (χ2v) is 11.0. The van der Waals surface area contributed by atoms with Crippen LogP contribution < -0.4 is 0 Å². The largest absolute Gasteiger partial charge is 0.396 e. The number of aliphatic hydroxyl groups is 1. The van der Waals surface area contributed by atoms with Crippen LogP contribution in [0.5, 0.6) is 0 Å². The summed E-state index contributed by atoms with van der Waals surface area (Å²) in [7, 11) is 0. The maximum atomic E-state index is 13.4. The molecular formula is C25H34FNO2. The molecule has 4 saturated carbocycles. The van der Waals surface area contributed by atoms with E-state index in [0.29, 0.717) is 25.3 Å². The molecule has 4 heteroatoms. The standard InChI is InChI=1S/C25H34FNO2/c26-22-4-2-18(3-5-22)11-24(17-28)6-1-7-27(16-24)23(29)15-25-12-19-8-20(13-25)10-21(9-19)14-25/h2-5,19-21,28H,1,6-17H2. The Morgan fingerprint density at radius 2 is 1.69 bits per heavy atom. The number of likely N-dealkylation sites (tertiary alicyclic amines) is 1. The molecule has 1 atom stereocenters. The number of nitrogens with zero attached hydrogens (tertiary/aromatic N) is 1. The molecule has 1 amide bonds. The van der Waals surface area contributed by atoms with Crippen LogP contribution in [0.2, 0.25) is 0 Å². The Labute approximate surface area is 173 Å². The molecule has 5 fully saturated rings. The van der Waals surface area contributed by atoms with E-state index in [2.05, 4.69) is 0 Å². The first kappa shape index (κ1) is 19.5. The molecule has 1 saturated heterocycles. The number of rotatable bonds is 5.